The van der Waals surface area contributed by atoms with Gasteiger partial charge in [0.25, 0.3) is 0 Å². The third-order valence-electron chi connectivity index (χ3n) is 4.53. The van der Waals surface area contributed by atoms with Gasteiger partial charge < -0.3 is 5.32 Å². The van der Waals surface area contributed by atoms with Crippen LogP contribution in [0.2, 0.25) is 0 Å². The van der Waals surface area contributed by atoms with Gasteiger partial charge >= 0.3 is 0 Å². The molecule has 102 valence electrons. The summed E-state index contributed by atoms with van der Waals surface area (Å²) in [4.78, 5) is 0. The van der Waals surface area contributed by atoms with Crippen LogP contribution in [-0.2, 0) is 0 Å². The van der Waals surface area contributed by atoms with Crippen LogP contribution in [0, 0.1) is 11.8 Å². The van der Waals surface area contributed by atoms with Gasteiger partial charge in [-0.25, -0.2) is 0 Å². The van der Waals surface area contributed by atoms with Crippen LogP contribution in [0.5, 0.6) is 0 Å². The summed E-state index contributed by atoms with van der Waals surface area (Å²) in [7, 11) is 0. The topological polar surface area (TPSA) is 40.7 Å². The summed E-state index contributed by atoms with van der Waals surface area (Å²) in [6.45, 7) is 4.70. The van der Waals surface area contributed by atoms with Gasteiger partial charge in [-0.15, -0.1) is 0 Å². The van der Waals surface area contributed by atoms with Crippen molar-refractivity contribution in [2.45, 2.75) is 45.6 Å². The van der Waals surface area contributed by atoms with Crippen LogP contribution in [0.4, 0.5) is 5.69 Å². The number of rotatable bonds is 3. The highest BCUT2D eigenvalue weighted by atomic mass is 15.1. The van der Waals surface area contributed by atoms with Crippen molar-refractivity contribution in [1.82, 2.24) is 10.2 Å². The highest BCUT2D eigenvalue weighted by Gasteiger charge is 2.22. The fraction of sp³-hybridized carbons (Fsp3) is 0.562. The van der Waals surface area contributed by atoms with E-state index in [1.165, 1.54) is 36.8 Å². The van der Waals surface area contributed by atoms with Crippen molar-refractivity contribution < 1.29 is 0 Å². The molecule has 3 rings (SSSR count). The lowest BCUT2D eigenvalue weighted by atomic mass is 9.79. The van der Waals surface area contributed by atoms with E-state index in [9.17, 15) is 0 Å². The second-order valence-corrected chi connectivity index (χ2v) is 6.17. The van der Waals surface area contributed by atoms with Crippen LogP contribution in [0.15, 0.2) is 24.4 Å². The molecule has 1 saturated carbocycles. The summed E-state index contributed by atoms with van der Waals surface area (Å²) < 4.78 is 0. The minimum atomic E-state index is 0.638. The molecule has 0 bridgehead atoms. The maximum Gasteiger partial charge on any atom is 0.0651 e. The first-order valence-corrected chi connectivity index (χ1v) is 7.42. The molecule has 0 saturated heterocycles. The Morgan fingerprint density at radius 1 is 1.21 bits per heavy atom. The average molecular weight is 257 g/mol. The maximum atomic E-state index is 4.07. The zero-order chi connectivity index (χ0) is 13.2. The Hall–Kier alpha value is -1.51. The Kier molecular flexibility index (Phi) is 3.45. The van der Waals surface area contributed by atoms with E-state index in [-0.39, 0.29) is 0 Å². The van der Waals surface area contributed by atoms with E-state index >= 15 is 0 Å². The molecule has 0 radical (unpaired) electrons. The standard InChI is InChI=1S/C16H23N3/c1-11(2)12-3-5-14(6-4-12)18-15-7-8-16-13(9-15)10-17-19-16/h7-12,14,18H,3-6H2,1-2H3,(H,17,19). The third kappa shape index (κ3) is 2.75. The predicted octanol–water partition coefficient (Wildman–Crippen LogP) is 4.19. The molecule has 0 aliphatic heterocycles. The SMILES string of the molecule is CC(C)C1CCC(Nc2ccc3[nH]ncc3c2)CC1. The number of hydrogen-bond acceptors (Lipinski definition) is 2. The van der Waals surface area contributed by atoms with E-state index in [4.69, 9.17) is 0 Å². The van der Waals surface area contributed by atoms with Crippen LogP contribution in [0.3, 0.4) is 0 Å². The molecule has 1 aromatic carbocycles. The zero-order valence-corrected chi connectivity index (χ0v) is 11.8. The quantitative estimate of drug-likeness (QED) is 0.865. The Morgan fingerprint density at radius 3 is 2.74 bits per heavy atom. The summed E-state index contributed by atoms with van der Waals surface area (Å²) in [5, 5.41) is 11.9. The van der Waals surface area contributed by atoms with Gasteiger partial charge in [-0.2, -0.15) is 5.10 Å². The number of nitrogens with zero attached hydrogens (tertiary/aromatic N) is 1. The molecular weight excluding hydrogens is 234 g/mol. The van der Waals surface area contributed by atoms with Gasteiger partial charge in [0.1, 0.15) is 0 Å². The van der Waals surface area contributed by atoms with Crippen molar-refractivity contribution >= 4 is 16.6 Å². The highest BCUT2D eigenvalue weighted by molar-refractivity contribution is 5.81. The van der Waals surface area contributed by atoms with Crippen LogP contribution >= 0.6 is 0 Å². The first kappa shape index (κ1) is 12.5. The Labute approximate surface area is 114 Å². The van der Waals surface area contributed by atoms with Crippen molar-refractivity contribution in [1.29, 1.82) is 0 Å². The lowest BCUT2D eigenvalue weighted by Crippen LogP contribution is -2.27. The predicted molar refractivity (Wildman–Crippen MR) is 80.3 cm³/mol. The number of aromatic nitrogens is 2. The molecule has 19 heavy (non-hydrogen) atoms. The van der Waals surface area contributed by atoms with Gasteiger partial charge in [-0.1, -0.05) is 13.8 Å². The second kappa shape index (κ2) is 5.24. The smallest absolute Gasteiger partial charge is 0.0651 e. The van der Waals surface area contributed by atoms with Gasteiger partial charge in [0, 0.05) is 17.1 Å². The number of hydrogen-bond donors (Lipinski definition) is 2. The van der Waals surface area contributed by atoms with Crippen LogP contribution < -0.4 is 5.32 Å². The number of anilines is 1. The first-order valence-electron chi connectivity index (χ1n) is 7.42. The zero-order valence-electron chi connectivity index (χ0n) is 11.8. The van der Waals surface area contributed by atoms with Crippen LogP contribution in [0.25, 0.3) is 10.9 Å². The highest BCUT2D eigenvalue weighted by Crippen LogP contribution is 2.31. The molecule has 1 aliphatic carbocycles. The van der Waals surface area contributed by atoms with Gasteiger partial charge in [0.15, 0.2) is 0 Å². The Balaban J connectivity index is 1.62. The Morgan fingerprint density at radius 2 is 2.00 bits per heavy atom. The van der Waals surface area contributed by atoms with E-state index < -0.39 is 0 Å². The van der Waals surface area contributed by atoms with Crippen molar-refractivity contribution in [2.24, 2.45) is 11.8 Å². The third-order valence-corrected chi connectivity index (χ3v) is 4.53. The van der Waals surface area contributed by atoms with Crippen molar-refractivity contribution in [3.63, 3.8) is 0 Å². The molecule has 1 fully saturated rings. The summed E-state index contributed by atoms with van der Waals surface area (Å²) in [5.41, 5.74) is 2.33. The normalized spacial score (nSPS) is 23.9. The monoisotopic (exact) mass is 257 g/mol. The lowest BCUT2D eigenvalue weighted by molar-refractivity contribution is 0.267. The minimum absolute atomic E-state index is 0.638. The van der Waals surface area contributed by atoms with E-state index in [1.54, 1.807) is 0 Å². The number of H-pyrrole nitrogens is 1. The van der Waals surface area contributed by atoms with E-state index in [0.29, 0.717) is 6.04 Å². The van der Waals surface area contributed by atoms with Crippen molar-refractivity contribution in [2.75, 3.05) is 5.32 Å². The van der Waals surface area contributed by atoms with Gasteiger partial charge in [0.05, 0.1) is 11.7 Å². The molecule has 2 N–H and O–H groups in total. The number of fused-ring (bicyclic) bond motifs is 1. The molecule has 0 unspecified atom stereocenters. The van der Waals surface area contributed by atoms with Crippen molar-refractivity contribution in [3.8, 4) is 0 Å². The summed E-state index contributed by atoms with van der Waals surface area (Å²) in [6.07, 6.45) is 7.21. The number of benzene rings is 1. The molecule has 3 heteroatoms. The molecule has 2 aromatic rings. The fourth-order valence-corrected chi connectivity index (χ4v) is 3.20. The van der Waals surface area contributed by atoms with Gasteiger partial charge in [0.2, 0.25) is 0 Å². The summed E-state index contributed by atoms with van der Waals surface area (Å²) in [6, 6.07) is 7.08. The molecule has 0 atom stereocenters. The summed E-state index contributed by atoms with van der Waals surface area (Å²) in [5.74, 6) is 1.76. The number of nitrogens with one attached hydrogen (secondary N) is 2. The largest absolute Gasteiger partial charge is 0.382 e. The van der Waals surface area contributed by atoms with Crippen LogP contribution in [0.1, 0.15) is 39.5 Å². The summed E-state index contributed by atoms with van der Waals surface area (Å²) >= 11 is 0. The molecular formula is C16H23N3. The van der Waals surface area contributed by atoms with E-state index in [2.05, 4.69) is 47.6 Å². The van der Waals surface area contributed by atoms with Gasteiger partial charge in [-0.05, 0) is 55.7 Å². The molecule has 0 amide bonds. The molecule has 0 spiro atoms. The lowest BCUT2D eigenvalue weighted by Gasteiger charge is -2.31. The van der Waals surface area contributed by atoms with Crippen molar-refractivity contribution in [3.05, 3.63) is 24.4 Å². The van der Waals surface area contributed by atoms with E-state index in [0.717, 1.165) is 17.4 Å². The first-order chi connectivity index (χ1) is 9.22. The second-order valence-electron chi connectivity index (χ2n) is 6.17. The van der Waals surface area contributed by atoms with E-state index in [1.807, 2.05) is 6.20 Å². The molecule has 1 heterocycles. The number of aromatic amines is 1. The molecule has 3 nitrogen and oxygen atoms in total. The van der Waals surface area contributed by atoms with Gasteiger partial charge in [-0.3, -0.25) is 5.10 Å². The minimum Gasteiger partial charge on any atom is -0.382 e. The molecule has 1 aliphatic rings. The average Bonchev–Trinajstić information content (AvgIpc) is 2.87. The Bertz CT molecular complexity index is 536. The van der Waals surface area contributed by atoms with Crippen LogP contribution in [-0.4, -0.2) is 16.2 Å². The fourth-order valence-electron chi connectivity index (χ4n) is 3.20. The molecule has 1 aromatic heterocycles. The maximum absolute atomic E-state index is 4.07.